The second-order valence-electron chi connectivity index (χ2n) is 7.52. The highest BCUT2D eigenvalue weighted by atomic mass is 19.2. The Hall–Kier alpha value is -3.86. The number of aryl methyl sites for hydroxylation is 1. The van der Waals surface area contributed by atoms with Crippen molar-refractivity contribution in [2.75, 3.05) is 48.9 Å². The van der Waals surface area contributed by atoms with Crippen LogP contribution in [0.2, 0.25) is 0 Å². The lowest BCUT2D eigenvalue weighted by Gasteiger charge is -2.27. The van der Waals surface area contributed by atoms with Gasteiger partial charge in [-0.2, -0.15) is 9.37 Å². The molecule has 1 aliphatic heterocycles. The van der Waals surface area contributed by atoms with E-state index in [0.717, 1.165) is 12.8 Å². The number of hydrogen-bond acceptors (Lipinski definition) is 7. The van der Waals surface area contributed by atoms with E-state index in [9.17, 15) is 18.0 Å². The Morgan fingerprint density at radius 1 is 1.03 bits per heavy atom. The molecular formula is C23H22F3N5O3. The minimum atomic E-state index is -1.50. The lowest BCUT2D eigenvalue weighted by Crippen LogP contribution is -2.37. The maximum absolute atomic E-state index is 14.3. The molecule has 1 amide bonds. The molecule has 34 heavy (non-hydrogen) atoms. The molecule has 11 heteroatoms. The fourth-order valence-electron chi connectivity index (χ4n) is 3.43. The predicted octanol–water partition coefficient (Wildman–Crippen LogP) is 4.04. The molecule has 0 unspecified atom stereocenters. The number of methoxy groups -OCH3 is 1. The van der Waals surface area contributed by atoms with Crippen LogP contribution in [0.15, 0.2) is 36.4 Å². The number of benzene rings is 2. The van der Waals surface area contributed by atoms with Gasteiger partial charge >= 0.3 is 0 Å². The molecule has 8 nitrogen and oxygen atoms in total. The Morgan fingerprint density at radius 2 is 1.71 bits per heavy atom. The molecule has 0 spiro atoms. The van der Waals surface area contributed by atoms with E-state index in [-0.39, 0.29) is 0 Å². The van der Waals surface area contributed by atoms with Gasteiger partial charge in [-0.15, -0.1) is 0 Å². The van der Waals surface area contributed by atoms with Crippen LogP contribution in [0.5, 0.6) is 5.75 Å². The van der Waals surface area contributed by atoms with Crippen molar-refractivity contribution in [2.45, 2.75) is 6.92 Å². The Kier molecular flexibility index (Phi) is 6.82. The van der Waals surface area contributed by atoms with E-state index in [1.807, 2.05) is 11.8 Å². The summed E-state index contributed by atoms with van der Waals surface area (Å²) in [4.78, 5) is 23.5. The molecular weight excluding hydrogens is 451 g/mol. The lowest BCUT2D eigenvalue weighted by molar-refractivity contribution is 0.102. The Morgan fingerprint density at radius 3 is 2.38 bits per heavy atom. The normalized spacial score (nSPS) is 13.5. The van der Waals surface area contributed by atoms with Crippen LogP contribution in [0.3, 0.4) is 0 Å². The van der Waals surface area contributed by atoms with E-state index in [1.165, 1.54) is 0 Å². The fourth-order valence-corrected chi connectivity index (χ4v) is 3.43. The van der Waals surface area contributed by atoms with Gasteiger partial charge in [0.25, 0.3) is 5.91 Å². The zero-order chi connectivity index (χ0) is 24.2. The number of halogens is 3. The van der Waals surface area contributed by atoms with E-state index in [1.54, 1.807) is 30.3 Å². The van der Waals surface area contributed by atoms with Crippen molar-refractivity contribution in [3.05, 3.63) is 65.1 Å². The van der Waals surface area contributed by atoms with Gasteiger partial charge in [0.15, 0.2) is 17.4 Å². The Bertz CT molecular complexity index is 1200. The summed E-state index contributed by atoms with van der Waals surface area (Å²) in [5.74, 6) is -4.87. The van der Waals surface area contributed by atoms with Crippen LogP contribution in [0.4, 0.5) is 36.3 Å². The smallest absolute Gasteiger partial charge is 0.258 e. The second kappa shape index (κ2) is 9.96. The first-order valence-corrected chi connectivity index (χ1v) is 10.4. The maximum atomic E-state index is 14.3. The second-order valence-corrected chi connectivity index (χ2v) is 7.52. The number of rotatable bonds is 6. The van der Waals surface area contributed by atoms with Crippen molar-refractivity contribution in [3.8, 4) is 5.75 Å². The van der Waals surface area contributed by atoms with Gasteiger partial charge in [-0.1, -0.05) is 0 Å². The molecule has 2 N–H and O–H groups in total. The number of amides is 1. The molecule has 0 radical (unpaired) electrons. The molecule has 2 heterocycles. The fraction of sp³-hybridized carbons (Fsp3) is 0.261. The molecule has 0 bridgehead atoms. The molecule has 3 aromatic rings. The van der Waals surface area contributed by atoms with Crippen molar-refractivity contribution in [1.29, 1.82) is 0 Å². The van der Waals surface area contributed by atoms with Crippen LogP contribution >= 0.6 is 0 Å². The van der Waals surface area contributed by atoms with Gasteiger partial charge in [0.2, 0.25) is 11.8 Å². The average molecular weight is 473 g/mol. The van der Waals surface area contributed by atoms with Gasteiger partial charge in [0.1, 0.15) is 5.82 Å². The standard InChI is InChI=1S/C23H22F3N5O3/c1-13-11-18(30-23(27-13)31-7-9-34-10-8-31)28-14-3-5-15(6-4-14)29-22(32)16-12-17(24)20(26)21(33-2)19(16)25/h3-6,11-12H,7-10H2,1-2H3,(H,29,32)(H,27,28,30). The summed E-state index contributed by atoms with van der Waals surface area (Å²) in [5, 5.41) is 5.64. The molecule has 1 fully saturated rings. The van der Waals surface area contributed by atoms with Gasteiger partial charge < -0.3 is 25.0 Å². The van der Waals surface area contributed by atoms with Crippen LogP contribution in [0, 0.1) is 24.4 Å². The SMILES string of the molecule is COc1c(F)c(F)cc(C(=O)Nc2ccc(Nc3cc(C)nc(N4CCOCC4)n3)cc2)c1F. The van der Waals surface area contributed by atoms with Crippen molar-refractivity contribution < 1.29 is 27.4 Å². The Balaban J connectivity index is 1.47. The molecule has 178 valence electrons. The summed E-state index contributed by atoms with van der Waals surface area (Å²) in [7, 11) is 0.984. The molecule has 4 rings (SSSR count). The van der Waals surface area contributed by atoms with Crippen molar-refractivity contribution in [1.82, 2.24) is 9.97 Å². The summed E-state index contributed by atoms with van der Waals surface area (Å²) in [6.07, 6.45) is 0. The zero-order valence-corrected chi connectivity index (χ0v) is 18.5. The lowest BCUT2D eigenvalue weighted by atomic mass is 10.1. The minimum Gasteiger partial charge on any atom is -0.491 e. The van der Waals surface area contributed by atoms with E-state index in [4.69, 9.17) is 4.74 Å². The number of nitrogens with one attached hydrogen (secondary N) is 2. The summed E-state index contributed by atoms with van der Waals surface area (Å²) < 4.78 is 51.6. The molecule has 0 atom stereocenters. The van der Waals surface area contributed by atoms with E-state index >= 15 is 0 Å². The summed E-state index contributed by atoms with van der Waals surface area (Å²) in [5.41, 5.74) is 1.13. The third-order valence-corrected chi connectivity index (χ3v) is 5.12. The number of carbonyl (C=O) groups is 1. The number of ether oxygens (including phenoxy) is 2. The zero-order valence-electron chi connectivity index (χ0n) is 18.5. The third-order valence-electron chi connectivity index (χ3n) is 5.12. The van der Waals surface area contributed by atoms with Gasteiger partial charge in [-0.25, -0.2) is 13.8 Å². The average Bonchev–Trinajstić information content (AvgIpc) is 2.83. The van der Waals surface area contributed by atoms with E-state index in [2.05, 4.69) is 25.3 Å². The highest BCUT2D eigenvalue weighted by Crippen LogP contribution is 2.28. The van der Waals surface area contributed by atoms with Crippen molar-refractivity contribution in [2.24, 2.45) is 0 Å². The van der Waals surface area contributed by atoms with E-state index in [0.29, 0.717) is 55.5 Å². The van der Waals surface area contributed by atoms with E-state index < -0.39 is 34.7 Å². The molecule has 1 aromatic heterocycles. The first kappa shape index (κ1) is 23.3. The summed E-state index contributed by atoms with van der Waals surface area (Å²) >= 11 is 0. The number of hydrogen-bond donors (Lipinski definition) is 2. The number of carbonyl (C=O) groups excluding carboxylic acids is 1. The minimum absolute atomic E-state index is 0.325. The largest absolute Gasteiger partial charge is 0.491 e. The van der Waals surface area contributed by atoms with Crippen LogP contribution in [0.1, 0.15) is 16.1 Å². The van der Waals surface area contributed by atoms with Gasteiger partial charge in [0.05, 0.1) is 25.9 Å². The first-order chi connectivity index (χ1) is 16.4. The third kappa shape index (κ3) is 5.04. The van der Waals surface area contributed by atoms with Gasteiger partial charge in [-0.3, -0.25) is 4.79 Å². The van der Waals surface area contributed by atoms with Gasteiger partial charge in [0, 0.05) is 36.2 Å². The maximum Gasteiger partial charge on any atom is 0.258 e. The molecule has 0 saturated carbocycles. The molecule has 1 aliphatic rings. The predicted molar refractivity (Wildman–Crippen MR) is 120 cm³/mol. The van der Waals surface area contributed by atoms with Crippen LogP contribution in [-0.2, 0) is 4.74 Å². The molecule has 1 saturated heterocycles. The van der Waals surface area contributed by atoms with Gasteiger partial charge in [-0.05, 0) is 37.3 Å². The number of anilines is 4. The molecule has 0 aliphatic carbocycles. The topological polar surface area (TPSA) is 88.6 Å². The highest BCUT2D eigenvalue weighted by Gasteiger charge is 2.23. The summed E-state index contributed by atoms with van der Waals surface area (Å²) in [6.45, 7) is 4.54. The quantitative estimate of drug-likeness (QED) is 0.523. The first-order valence-electron chi connectivity index (χ1n) is 10.4. The van der Waals surface area contributed by atoms with Crippen LogP contribution < -0.4 is 20.3 Å². The number of aromatic nitrogens is 2. The number of morpholine rings is 1. The highest BCUT2D eigenvalue weighted by molar-refractivity contribution is 6.04. The Labute approximate surface area is 193 Å². The molecule has 2 aromatic carbocycles. The monoisotopic (exact) mass is 473 g/mol. The summed E-state index contributed by atoms with van der Waals surface area (Å²) in [6, 6.07) is 8.81. The van der Waals surface area contributed by atoms with Crippen LogP contribution in [0.25, 0.3) is 0 Å². The number of nitrogens with zero attached hydrogens (tertiary/aromatic N) is 3. The van der Waals surface area contributed by atoms with Crippen LogP contribution in [-0.4, -0.2) is 49.3 Å². The van der Waals surface area contributed by atoms with Crippen molar-refractivity contribution in [3.63, 3.8) is 0 Å². The van der Waals surface area contributed by atoms with Crippen molar-refractivity contribution >= 4 is 29.0 Å².